The Morgan fingerprint density at radius 3 is 2.68 bits per heavy atom. The molecule has 2 rings (SSSR count). The van der Waals surface area contributed by atoms with Gasteiger partial charge in [-0.05, 0) is 20.8 Å². The molecule has 19 heavy (non-hydrogen) atoms. The van der Waals surface area contributed by atoms with E-state index in [0.29, 0.717) is 24.9 Å². The molecule has 2 heterocycles. The molecule has 0 aromatic carbocycles. The Kier molecular flexibility index (Phi) is 4.55. The van der Waals surface area contributed by atoms with Crippen molar-refractivity contribution in [2.45, 2.75) is 39.6 Å². The molecule has 0 bridgehead atoms. The highest BCUT2D eigenvalue weighted by atomic mass is 16.5. The van der Waals surface area contributed by atoms with Crippen LogP contribution in [0.2, 0.25) is 0 Å². The van der Waals surface area contributed by atoms with E-state index in [1.54, 1.807) is 6.07 Å². The third-order valence-corrected chi connectivity index (χ3v) is 2.96. The van der Waals surface area contributed by atoms with Gasteiger partial charge in [0.05, 0.1) is 12.2 Å². The molecule has 6 nitrogen and oxygen atoms in total. The number of hydrogen-bond acceptors (Lipinski definition) is 6. The van der Waals surface area contributed by atoms with Gasteiger partial charge in [-0.2, -0.15) is 0 Å². The predicted octanol–water partition coefficient (Wildman–Crippen LogP) is 1.21. The van der Waals surface area contributed by atoms with Crippen molar-refractivity contribution in [2.75, 3.05) is 30.3 Å². The van der Waals surface area contributed by atoms with E-state index in [-0.39, 0.29) is 12.2 Å². The maximum Gasteiger partial charge on any atom is 0.158 e. The zero-order valence-electron chi connectivity index (χ0n) is 11.8. The molecule has 1 fully saturated rings. The molecule has 1 aliphatic rings. The first-order valence-corrected chi connectivity index (χ1v) is 6.70. The largest absolute Gasteiger partial charge is 0.384 e. The first-order chi connectivity index (χ1) is 9.08. The van der Waals surface area contributed by atoms with Crippen molar-refractivity contribution in [3.63, 3.8) is 0 Å². The summed E-state index contributed by atoms with van der Waals surface area (Å²) in [7, 11) is 0. The van der Waals surface area contributed by atoms with Crippen molar-refractivity contribution < 1.29 is 9.47 Å². The number of anilines is 2. The summed E-state index contributed by atoms with van der Waals surface area (Å²) in [5.74, 6) is 1.96. The molecular weight excluding hydrogens is 244 g/mol. The first kappa shape index (κ1) is 14.0. The van der Waals surface area contributed by atoms with Crippen LogP contribution < -0.4 is 10.6 Å². The fraction of sp³-hybridized carbons (Fsp3) is 0.692. The topological polar surface area (TPSA) is 73.5 Å². The van der Waals surface area contributed by atoms with Gasteiger partial charge in [0.25, 0.3) is 0 Å². The Bertz CT molecular complexity index is 417. The number of rotatable bonds is 4. The van der Waals surface area contributed by atoms with Crippen LogP contribution in [-0.2, 0) is 16.1 Å². The van der Waals surface area contributed by atoms with E-state index < -0.39 is 0 Å². The summed E-state index contributed by atoms with van der Waals surface area (Å²) in [6.45, 7) is 8.73. The minimum atomic E-state index is 0.190. The quantitative estimate of drug-likeness (QED) is 0.883. The van der Waals surface area contributed by atoms with Crippen LogP contribution in [0.3, 0.4) is 0 Å². The lowest BCUT2D eigenvalue weighted by molar-refractivity contribution is -0.00549. The molecule has 0 spiro atoms. The van der Waals surface area contributed by atoms with E-state index in [0.717, 1.165) is 18.9 Å². The number of nitrogens with zero attached hydrogens (tertiary/aromatic N) is 3. The number of aromatic nitrogens is 2. The minimum absolute atomic E-state index is 0.190. The Morgan fingerprint density at radius 1 is 1.37 bits per heavy atom. The summed E-state index contributed by atoms with van der Waals surface area (Å²) in [4.78, 5) is 10.9. The molecule has 2 unspecified atom stereocenters. The highest BCUT2D eigenvalue weighted by molar-refractivity contribution is 5.47. The highest BCUT2D eigenvalue weighted by Gasteiger charge is 2.23. The standard InChI is InChI=1S/C13H22N4O2/c1-4-18-8-12-15-11(14)5-13(16-12)17-6-9(2)19-10(3)7-17/h5,9-10H,4,6-8H2,1-3H3,(H2,14,15,16). The zero-order valence-corrected chi connectivity index (χ0v) is 11.8. The second-order valence-corrected chi connectivity index (χ2v) is 4.87. The minimum Gasteiger partial charge on any atom is -0.384 e. The predicted molar refractivity (Wildman–Crippen MR) is 74.0 cm³/mol. The maximum absolute atomic E-state index is 5.84. The molecule has 0 saturated carbocycles. The van der Waals surface area contributed by atoms with Gasteiger partial charge >= 0.3 is 0 Å². The SMILES string of the molecule is CCOCc1nc(N)cc(N2CC(C)OC(C)C2)n1. The third kappa shape index (κ3) is 3.78. The van der Waals surface area contributed by atoms with Crippen molar-refractivity contribution in [1.29, 1.82) is 0 Å². The van der Waals surface area contributed by atoms with Crippen LogP contribution in [0, 0.1) is 0 Å². The van der Waals surface area contributed by atoms with Crippen LogP contribution in [0.25, 0.3) is 0 Å². The van der Waals surface area contributed by atoms with Crippen molar-refractivity contribution in [2.24, 2.45) is 0 Å². The van der Waals surface area contributed by atoms with E-state index >= 15 is 0 Å². The van der Waals surface area contributed by atoms with Gasteiger partial charge in [-0.3, -0.25) is 0 Å². The second-order valence-electron chi connectivity index (χ2n) is 4.87. The lowest BCUT2D eigenvalue weighted by Gasteiger charge is -2.36. The number of morpholine rings is 1. The first-order valence-electron chi connectivity index (χ1n) is 6.70. The number of nitrogens with two attached hydrogens (primary N) is 1. The summed E-state index contributed by atoms with van der Waals surface area (Å²) in [5.41, 5.74) is 5.84. The molecule has 1 saturated heterocycles. The molecule has 1 aromatic rings. The van der Waals surface area contributed by atoms with Gasteiger partial charge in [-0.15, -0.1) is 0 Å². The van der Waals surface area contributed by atoms with Crippen molar-refractivity contribution in [3.8, 4) is 0 Å². The van der Waals surface area contributed by atoms with Gasteiger partial charge in [0.15, 0.2) is 5.82 Å². The molecule has 6 heteroatoms. The normalized spacial score (nSPS) is 23.6. The third-order valence-electron chi connectivity index (χ3n) is 2.96. The van der Waals surface area contributed by atoms with Gasteiger partial charge in [-0.25, -0.2) is 9.97 Å². The summed E-state index contributed by atoms with van der Waals surface area (Å²) < 4.78 is 11.1. The smallest absolute Gasteiger partial charge is 0.158 e. The van der Waals surface area contributed by atoms with Crippen molar-refractivity contribution in [3.05, 3.63) is 11.9 Å². The van der Waals surface area contributed by atoms with Crippen LogP contribution in [-0.4, -0.2) is 41.9 Å². The monoisotopic (exact) mass is 266 g/mol. The molecule has 0 aliphatic carbocycles. The second kappa shape index (κ2) is 6.16. The van der Waals surface area contributed by atoms with Gasteiger partial charge in [0.1, 0.15) is 18.2 Å². The summed E-state index contributed by atoms with van der Waals surface area (Å²) in [5, 5.41) is 0. The summed E-state index contributed by atoms with van der Waals surface area (Å²) in [6.07, 6.45) is 0.380. The van der Waals surface area contributed by atoms with E-state index in [1.165, 1.54) is 0 Å². The molecule has 1 aliphatic heterocycles. The average Bonchev–Trinajstić information content (AvgIpc) is 2.34. The van der Waals surface area contributed by atoms with Crippen LogP contribution in [0.4, 0.5) is 11.6 Å². The Hall–Kier alpha value is -1.40. The fourth-order valence-electron chi connectivity index (χ4n) is 2.29. The fourth-order valence-corrected chi connectivity index (χ4v) is 2.29. The molecular formula is C13H22N4O2. The maximum atomic E-state index is 5.84. The summed E-state index contributed by atoms with van der Waals surface area (Å²) in [6, 6.07) is 1.81. The zero-order chi connectivity index (χ0) is 13.8. The lowest BCUT2D eigenvalue weighted by Crippen LogP contribution is -2.46. The van der Waals surface area contributed by atoms with Crippen LogP contribution in [0.15, 0.2) is 6.07 Å². The molecule has 0 radical (unpaired) electrons. The molecule has 0 amide bonds. The van der Waals surface area contributed by atoms with Crippen molar-refractivity contribution >= 4 is 11.6 Å². The number of nitrogen functional groups attached to an aromatic ring is 1. The number of ether oxygens (including phenoxy) is 2. The van der Waals surface area contributed by atoms with E-state index in [4.69, 9.17) is 15.2 Å². The Labute approximate surface area is 113 Å². The molecule has 2 N–H and O–H groups in total. The van der Waals surface area contributed by atoms with Crippen LogP contribution in [0.5, 0.6) is 0 Å². The Balaban J connectivity index is 2.16. The van der Waals surface area contributed by atoms with E-state index in [9.17, 15) is 0 Å². The number of hydrogen-bond donors (Lipinski definition) is 1. The molecule has 2 atom stereocenters. The van der Waals surface area contributed by atoms with Gasteiger partial charge in [0.2, 0.25) is 0 Å². The van der Waals surface area contributed by atoms with Gasteiger partial charge in [-0.1, -0.05) is 0 Å². The van der Waals surface area contributed by atoms with Gasteiger partial charge < -0.3 is 20.1 Å². The Morgan fingerprint density at radius 2 is 2.05 bits per heavy atom. The lowest BCUT2D eigenvalue weighted by atomic mass is 10.2. The molecule has 106 valence electrons. The van der Waals surface area contributed by atoms with E-state index in [1.807, 2.05) is 6.92 Å². The molecule has 1 aromatic heterocycles. The summed E-state index contributed by atoms with van der Waals surface area (Å²) >= 11 is 0. The van der Waals surface area contributed by atoms with Crippen LogP contribution >= 0.6 is 0 Å². The highest BCUT2D eigenvalue weighted by Crippen LogP contribution is 2.20. The van der Waals surface area contributed by atoms with Crippen molar-refractivity contribution in [1.82, 2.24) is 9.97 Å². The van der Waals surface area contributed by atoms with E-state index in [2.05, 4.69) is 28.7 Å². The van der Waals surface area contributed by atoms with Gasteiger partial charge in [0, 0.05) is 25.8 Å². The van der Waals surface area contributed by atoms with Crippen LogP contribution in [0.1, 0.15) is 26.6 Å². The average molecular weight is 266 g/mol.